The van der Waals surface area contributed by atoms with Gasteiger partial charge < -0.3 is 4.90 Å². The zero-order valence-electron chi connectivity index (χ0n) is 16.1. The van der Waals surface area contributed by atoms with E-state index >= 15 is 0 Å². The van der Waals surface area contributed by atoms with Gasteiger partial charge in [-0.3, -0.25) is 0 Å². The number of nitriles is 1. The normalized spacial score (nSPS) is 11.7. The Hall–Kier alpha value is -2.61. The number of rotatable bonds is 3. The molecule has 3 aromatic carbocycles. The summed E-state index contributed by atoms with van der Waals surface area (Å²) in [7, 11) is 0.684. The summed E-state index contributed by atoms with van der Waals surface area (Å²) in [6.07, 6.45) is 0. The van der Waals surface area contributed by atoms with Gasteiger partial charge in [-0.25, -0.2) is 0 Å². The number of fused-ring (bicyclic) bond motifs is 3. The van der Waals surface area contributed by atoms with Gasteiger partial charge in [-0.15, -0.1) is 11.3 Å². The summed E-state index contributed by atoms with van der Waals surface area (Å²) in [4.78, 5) is 2.22. The summed E-state index contributed by atoms with van der Waals surface area (Å²) < 4.78 is 2.76. The zero-order chi connectivity index (χ0) is 19.2. The molecule has 134 valence electrons. The molecule has 0 N–H and O–H groups in total. The second-order valence-electron chi connectivity index (χ2n) is 7.91. The lowest BCUT2D eigenvalue weighted by atomic mass is 10.1. The first-order chi connectivity index (χ1) is 12.9. The lowest BCUT2D eigenvalue weighted by molar-refractivity contribution is 1.22. The predicted molar refractivity (Wildman–Crippen MR) is 122 cm³/mol. The topological polar surface area (TPSA) is 27.0 Å². The van der Waals surface area contributed by atoms with Gasteiger partial charge in [0.2, 0.25) is 0 Å². The molecule has 4 heteroatoms. The summed E-state index contributed by atoms with van der Waals surface area (Å²) in [5.41, 5.74) is 2.98. The fourth-order valence-corrected chi connectivity index (χ4v) is 7.31. The third-order valence-electron chi connectivity index (χ3n) is 5.06. The van der Waals surface area contributed by atoms with Crippen molar-refractivity contribution in [1.82, 2.24) is 0 Å². The van der Waals surface area contributed by atoms with Gasteiger partial charge in [0.25, 0.3) is 0 Å². The second-order valence-corrected chi connectivity index (χ2v) is 14.0. The van der Waals surface area contributed by atoms with E-state index in [9.17, 15) is 0 Å². The second kappa shape index (κ2) is 6.52. The van der Waals surface area contributed by atoms with Gasteiger partial charge in [-0.1, -0.05) is 50.0 Å². The Kier molecular flexibility index (Phi) is 4.30. The molecule has 0 saturated heterocycles. The van der Waals surface area contributed by atoms with Crippen LogP contribution < -0.4 is 10.1 Å². The van der Waals surface area contributed by atoms with Gasteiger partial charge in [0.05, 0.1) is 30.1 Å². The fourth-order valence-electron chi connectivity index (χ4n) is 3.56. The van der Waals surface area contributed by atoms with Crippen LogP contribution in [-0.2, 0) is 0 Å². The van der Waals surface area contributed by atoms with Crippen LogP contribution >= 0.6 is 11.3 Å². The number of hydrogen-bond donors (Lipinski definition) is 0. The standard InChI is InChI=1S/C23H22N2SSi/c1-25(17-13-11-16(15-24)12-14-17)20-9-5-7-18-19-8-6-10-21(27(2,3)4)23(19)26-22(18)20/h5-14H,1-4H3. The average Bonchev–Trinajstić information content (AvgIpc) is 3.05. The van der Waals surface area contributed by atoms with Gasteiger partial charge in [0, 0.05) is 28.2 Å². The highest BCUT2D eigenvalue weighted by atomic mass is 32.1. The molecule has 0 aliphatic heterocycles. The van der Waals surface area contributed by atoms with Crippen LogP contribution in [0.1, 0.15) is 5.56 Å². The lowest BCUT2D eigenvalue weighted by Crippen LogP contribution is -2.37. The van der Waals surface area contributed by atoms with Crippen molar-refractivity contribution in [2.75, 3.05) is 11.9 Å². The van der Waals surface area contributed by atoms with Gasteiger partial charge >= 0.3 is 0 Å². The molecule has 0 radical (unpaired) electrons. The van der Waals surface area contributed by atoms with Gasteiger partial charge in [-0.2, -0.15) is 5.26 Å². The molecule has 0 saturated carbocycles. The number of thiophene rings is 1. The van der Waals surface area contributed by atoms with E-state index in [1.807, 2.05) is 35.6 Å². The molecular formula is C23H22N2SSi. The van der Waals surface area contributed by atoms with Crippen molar-refractivity contribution in [3.63, 3.8) is 0 Å². The van der Waals surface area contributed by atoms with E-state index in [1.165, 1.54) is 31.0 Å². The molecule has 27 heavy (non-hydrogen) atoms. The fraction of sp³-hybridized carbons (Fsp3) is 0.174. The highest BCUT2D eigenvalue weighted by molar-refractivity contribution is 7.28. The van der Waals surface area contributed by atoms with E-state index in [2.05, 4.69) is 74.1 Å². The monoisotopic (exact) mass is 386 g/mol. The van der Waals surface area contributed by atoms with E-state index in [4.69, 9.17) is 5.26 Å². The Balaban J connectivity index is 1.93. The molecule has 0 bridgehead atoms. The summed E-state index contributed by atoms with van der Waals surface area (Å²) in [5.74, 6) is 0. The summed E-state index contributed by atoms with van der Waals surface area (Å²) in [5, 5.41) is 13.3. The number of benzene rings is 3. The molecule has 0 unspecified atom stereocenters. The van der Waals surface area contributed by atoms with Gasteiger partial charge in [0.1, 0.15) is 0 Å². The van der Waals surface area contributed by atoms with Crippen molar-refractivity contribution in [3.8, 4) is 6.07 Å². The quantitative estimate of drug-likeness (QED) is 0.390. The Bertz CT molecular complexity index is 1180. The van der Waals surface area contributed by atoms with Crippen molar-refractivity contribution in [2.45, 2.75) is 19.6 Å². The van der Waals surface area contributed by atoms with Crippen LogP contribution in [0.4, 0.5) is 11.4 Å². The first-order valence-corrected chi connectivity index (χ1v) is 13.4. The van der Waals surface area contributed by atoms with E-state index < -0.39 is 8.07 Å². The molecule has 0 amide bonds. The van der Waals surface area contributed by atoms with Crippen LogP contribution in [0.5, 0.6) is 0 Å². The Morgan fingerprint density at radius 3 is 2.11 bits per heavy atom. The molecular weight excluding hydrogens is 364 g/mol. The molecule has 0 aliphatic rings. The average molecular weight is 387 g/mol. The molecule has 1 aromatic heterocycles. The first-order valence-electron chi connectivity index (χ1n) is 9.09. The maximum Gasteiger partial charge on any atom is 0.0991 e. The Morgan fingerprint density at radius 2 is 1.48 bits per heavy atom. The number of nitrogens with zero attached hydrogens (tertiary/aromatic N) is 2. The number of anilines is 2. The van der Waals surface area contributed by atoms with Crippen LogP contribution in [-0.4, -0.2) is 15.1 Å². The minimum Gasteiger partial charge on any atom is -0.343 e. The van der Waals surface area contributed by atoms with Crippen molar-refractivity contribution < 1.29 is 0 Å². The predicted octanol–water partition coefficient (Wildman–Crippen LogP) is 6.24. The zero-order valence-corrected chi connectivity index (χ0v) is 17.9. The van der Waals surface area contributed by atoms with Crippen molar-refractivity contribution in [2.24, 2.45) is 0 Å². The molecule has 4 rings (SSSR count). The molecule has 0 aliphatic carbocycles. The SMILES string of the molecule is CN(c1ccc(C#N)cc1)c1cccc2c1sc1c([Si](C)(C)C)cccc12. The molecule has 4 aromatic rings. The largest absolute Gasteiger partial charge is 0.343 e. The molecule has 2 nitrogen and oxygen atoms in total. The van der Waals surface area contributed by atoms with Crippen LogP contribution in [0.25, 0.3) is 20.2 Å². The van der Waals surface area contributed by atoms with Crippen molar-refractivity contribution in [3.05, 3.63) is 66.2 Å². The molecule has 0 spiro atoms. The van der Waals surface area contributed by atoms with E-state index in [-0.39, 0.29) is 0 Å². The minimum atomic E-state index is -1.41. The summed E-state index contributed by atoms with van der Waals surface area (Å²) >= 11 is 1.91. The number of hydrogen-bond acceptors (Lipinski definition) is 3. The smallest absolute Gasteiger partial charge is 0.0991 e. The lowest BCUT2D eigenvalue weighted by Gasteiger charge is -2.20. The highest BCUT2D eigenvalue weighted by Gasteiger charge is 2.22. The van der Waals surface area contributed by atoms with E-state index in [1.54, 1.807) is 0 Å². The van der Waals surface area contributed by atoms with Gasteiger partial charge in [0.15, 0.2) is 0 Å². The Labute approximate surface area is 165 Å². The highest BCUT2D eigenvalue weighted by Crippen LogP contribution is 2.40. The maximum atomic E-state index is 9.04. The molecule has 1 heterocycles. The summed E-state index contributed by atoms with van der Waals surface area (Å²) in [6.45, 7) is 7.24. The Morgan fingerprint density at radius 1 is 0.852 bits per heavy atom. The molecule has 0 atom stereocenters. The van der Waals surface area contributed by atoms with E-state index in [0.29, 0.717) is 5.56 Å². The van der Waals surface area contributed by atoms with Crippen molar-refractivity contribution in [1.29, 1.82) is 5.26 Å². The van der Waals surface area contributed by atoms with E-state index in [0.717, 1.165) is 5.69 Å². The van der Waals surface area contributed by atoms with Crippen LogP contribution in [0.3, 0.4) is 0 Å². The summed E-state index contributed by atoms with van der Waals surface area (Å²) in [6, 6.07) is 23.3. The van der Waals surface area contributed by atoms with Gasteiger partial charge in [-0.05, 0) is 35.5 Å². The van der Waals surface area contributed by atoms with Crippen LogP contribution in [0, 0.1) is 11.3 Å². The first kappa shape index (κ1) is 17.8. The third kappa shape index (κ3) is 3.03. The van der Waals surface area contributed by atoms with Crippen molar-refractivity contribution >= 4 is 56.1 Å². The maximum absolute atomic E-state index is 9.04. The minimum absolute atomic E-state index is 0.687. The van der Waals surface area contributed by atoms with Crippen LogP contribution in [0.15, 0.2) is 60.7 Å². The molecule has 0 fully saturated rings. The van der Waals surface area contributed by atoms with Crippen LogP contribution in [0.2, 0.25) is 19.6 Å². The third-order valence-corrected chi connectivity index (χ3v) is 8.55.